The zero-order chi connectivity index (χ0) is 11.5. The van der Waals surface area contributed by atoms with Crippen LogP contribution in [-0.2, 0) is 17.6 Å². The van der Waals surface area contributed by atoms with E-state index in [0.717, 1.165) is 10.7 Å². The predicted molar refractivity (Wildman–Crippen MR) is 55.3 cm³/mol. The van der Waals surface area contributed by atoms with Crippen molar-refractivity contribution in [1.82, 2.24) is 15.1 Å². The lowest BCUT2D eigenvalue weighted by Crippen LogP contribution is -2.00. The molecule has 0 saturated carbocycles. The van der Waals surface area contributed by atoms with Gasteiger partial charge in [0.1, 0.15) is 6.42 Å². The minimum absolute atomic E-state index is 0.120. The van der Waals surface area contributed by atoms with E-state index in [1.165, 1.54) is 0 Å². The van der Waals surface area contributed by atoms with E-state index in [1.807, 2.05) is 12.3 Å². The van der Waals surface area contributed by atoms with Gasteiger partial charge in [-0.25, -0.2) is 4.98 Å². The molecule has 0 radical (unpaired) electrons. The van der Waals surface area contributed by atoms with Gasteiger partial charge in [0.2, 0.25) is 5.89 Å². The second-order valence-corrected chi connectivity index (χ2v) is 4.27. The molecule has 0 atom stereocenters. The van der Waals surface area contributed by atoms with E-state index in [0.29, 0.717) is 12.2 Å². The number of carboxylic acids is 1. The number of aromatic nitrogens is 3. The van der Waals surface area contributed by atoms with E-state index < -0.39 is 5.97 Å². The molecule has 1 N–H and O–H groups in total. The molecule has 0 unspecified atom stereocenters. The highest BCUT2D eigenvalue weighted by molar-refractivity contribution is 7.09. The first-order valence-corrected chi connectivity index (χ1v) is 5.45. The Balaban J connectivity index is 2.05. The monoisotopic (exact) mass is 239 g/mol. The van der Waals surface area contributed by atoms with Crippen LogP contribution < -0.4 is 0 Å². The van der Waals surface area contributed by atoms with Crippen molar-refractivity contribution in [2.45, 2.75) is 19.8 Å². The third-order valence-corrected chi connectivity index (χ3v) is 2.64. The zero-order valence-electron chi connectivity index (χ0n) is 8.51. The number of nitrogens with zero attached hydrogens (tertiary/aromatic N) is 3. The molecule has 84 valence electrons. The van der Waals surface area contributed by atoms with E-state index in [4.69, 9.17) is 9.63 Å². The number of thiazole rings is 1. The molecule has 0 aliphatic rings. The number of aliphatic carboxylic acids is 1. The molecule has 0 fully saturated rings. The van der Waals surface area contributed by atoms with Gasteiger partial charge in [0, 0.05) is 5.38 Å². The topological polar surface area (TPSA) is 89.1 Å². The van der Waals surface area contributed by atoms with Gasteiger partial charge in [0.05, 0.1) is 17.1 Å². The molecule has 2 aromatic rings. The van der Waals surface area contributed by atoms with Crippen LogP contribution >= 0.6 is 11.3 Å². The number of hydrogen-bond acceptors (Lipinski definition) is 6. The van der Waals surface area contributed by atoms with Gasteiger partial charge in [-0.05, 0) is 6.92 Å². The van der Waals surface area contributed by atoms with E-state index in [1.54, 1.807) is 11.3 Å². The van der Waals surface area contributed by atoms with Crippen LogP contribution in [0.4, 0.5) is 0 Å². The fourth-order valence-electron chi connectivity index (χ4n) is 1.21. The molecule has 6 nitrogen and oxygen atoms in total. The van der Waals surface area contributed by atoms with E-state index >= 15 is 0 Å². The maximum absolute atomic E-state index is 10.4. The summed E-state index contributed by atoms with van der Waals surface area (Å²) in [5.74, 6) is -0.407. The highest BCUT2D eigenvalue weighted by Gasteiger charge is 2.11. The van der Waals surface area contributed by atoms with Crippen LogP contribution in [0.5, 0.6) is 0 Å². The largest absolute Gasteiger partial charge is 0.481 e. The highest BCUT2D eigenvalue weighted by Crippen LogP contribution is 2.11. The van der Waals surface area contributed by atoms with E-state index in [2.05, 4.69) is 15.1 Å². The van der Waals surface area contributed by atoms with Crippen LogP contribution in [0.2, 0.25) is 0 Å². The maximum atomic E-state index is 10.4. The van der Waals surface area contributed by atoms with Gasteiger partial charge in [0.15, 0.2) is 5.82 Å². The Morgan fingerprint density at radius 2 is 2.38 bits per heavy atom. The molecule has 2 heterocycles. The van der Waals surface area contributed by atoms with Crippen molar-refractivity contribution in [2.24, 2.45) is 0 Å². The summed E-state index contributed by atoms with van der Waals surface area (Å²) in [6.45, 7) is 1.92. The molecule has 0 aromatic carbocycles. The first-order valence-electron chi connectivity index (χ1n) is 4.58. The number of rotatable bonds is 4. The molecule has 7 heteroatoms. The molecular formula is C9H9N3O3S. The average Bonchev–Trinajstić information content (AvgIpc) is 2.76. The Hall–Kier alpha value is -1.76. The lowest BCUT2D eigenvalue weighted by atomic mass is 10.3. The summed E-state index contributed by atoms with van der Waals surface area (Å²) in [6, 6.07) is 0. The predicted octanol–water partition coefficient (Wildman–Crippen LogP) is 1.05. The summed E-state index contributed by atoms with van der Waals surface area (Å²) in [7, 11) is 0. The lowest BCUT2D eigenvalue weighted by molar-refractivity contribution is -0.136. The highest BCUT2D eigenvalue weighted by atomic mass is 32.1. The Morgan fingerprint density at radius 3 is 3.00 bits per heavy atom. The van der Waals surface area contributed by atoms with E-state index in [9.17, 15) is 4.79 Å². The van der Waals surface area contributed by atoms with Crippen LogP contribution in [0.25, 0.3) is 0 Å². The first kappa shape index (κ1) is 10.7. The summed E-state index contributed by atoms with van der Waals surface area (Å²) in [4.78, 5) is 18.6. The van der Waals surface area contributed by atoms with Crippen LogP contribution in [0.1, 0.15) is 22.4 Å². The first-order chi connectivity index (χ1) is 7.63. The van der Waals surface area contributed by atoms with Gasteiger partial charge in [-0.2, -0.15) is 4.98 Å². The normalized spacial score (nSPS) is 10.6. The Bertz CT molecular complexity index is 506. The molecule has 16 heavy (non-hydrogen) atoms. The molecule has 0 saturated heterocycles. The summed E-state index contributed by atoms with van der Waals surface area (Å²) in [5, 5.41) is 15.1. The minimum atomic E-state index is -0.986. The molecule has 0 spiro atoms. The molecule has 0 aliphatic carbocycles. The number of carboxylic acid groups (broad SMARTS) is 1. The molecule has 2 rings (SSSR count). The second kappa shape index (κ2) is 4.40. The van der Waals surface area contributed by atoms with Gasteiger partial charge >= 0.3 is 5.97 Å². The Morgan fingerprint density at radius 1 is 1.56 bits per heavy atom. The summed E-state index contributed by atoms with van der Waals surface area (Å²) in [6.07, 6.45) is 0.219. The lowest BCUT2D eigenvalue weighted by Gasteiger charge is -1.87. The van der Waals surface area contributed by atoms with Crippen molar-refractivity contribution in [2.75, 3.05) is 0 Å². The summed E-state index contributed by atoms with van der Waals surface area (Å²) in [5.41, 5.74) is 0.866. The standard InChI is InChI=1S/C9H9N3O3S/c1-5-10-6(4-16-5)2-7-11-8(15-12-7)3-9(13)14/h4H,2-3H2,1H3,(H,13,14). The van der Waals surface area contributed by atoms with Crippen molar-refractivity contribution in [1.29, 1.82) is 0 Å². The van der Waals surface area contributed by atoms with Crippen LogP contribution in [0, 0.1) is 6.92 Å². The van der Waals surface area contributed by atoms with Gasteiger partial charge in [-0.3, -0.25) is 4.79 Å². The molecule has 0 aliphatic heterocycles. The maximum Gasteiger partial charge on any atom is 0.312 e. The van der Waals surface area contributed by atoms with Crippen molar-refractivity contribution >= 4 is 17.3 Å². The zero-order valence-corrected chi connectivity index (χ0v) is 9.32. The van der Waals surface area contributed by atoms with Crippen molar-refractivity contribution in [3.63, 3.8) is 0 Å². The number of hydrogen-bond donors (Lipinski definition) is 1. The summed E-state index contributed by atoms with van der Waals surface area (Å²) < 4.78 is 4.79. The molecule has 2 aromatic heterocycles. The second-order valence-electron chi connectivity index (χ2n) is 3.21. The SMILES string of the molecule is Cc1nc(Cc2noc(CC(=O)O)n2)cs1. The average molecular weight is 239 g/mol. The van der Waals surface area contributed by atoms with Crippen molar-refractivity contribution < 1.29 is 14.4 Å². The van der Waals surface area contributed by atoms with Crippen LogP contribution in [0.15, 0.2) is 9.90 Å². The Labute approximate surface area is 94.9 Å². The fourth-order valence-corrected chi connectivity index (χ4v) is 1.83. The van der Waals surface area contributed by atoms with Crippen LogP contribution in [0.3, 0.4) is 0 Å². The molecule has 0 amide bonds. The van der Waals surface area contributed by atoms with Gasteiger partial charge in [-0.1, -0.05) is 5.16 Å². The Kier molecular flexibility index (Phi) is 2.95. The van der Waals surface area contributed by atoms with Crippen LogP contribution in [-0.4, -0.2) is 26.2 Å². The number of aryl methyl sites for hydroxylation is 1. The van der Waals surface area contributed by atoms with Gasteiger partial charge in [0.25, 0.3) is 0 Å². The van der Waals surface area contributed by atoms with Gasteiger partial charge < -0.3 is 9.63 Å². The number of carbonyl (C=O) groups is 1. The minimum Gasteiger partial charge on any atom is -0.481 e. The molecule has 0 bridgehead atoms. The van der Waals surface area contributed by atoms with Crippen molar-refractivity contribution in [3.8, 4) is 0 Å². The third-order valence-electron chi connectivity index (χ3n) is 1.82. The van der Waals surface area contributed by atoms with Crippen molar-refractivity contribution in [3.05, 3.63) is 27.8 Å². The van der Waals surface area contributed by atoms with Gasteiger partial charge in [-0.15, -0.1) is 11.3 Å². The molecular weight excluding hydrogens is 230 g/mol. The third kappa shape index (κ3) is 2.63. The van der Waals surface area contributed by atoms with E-state index in [-0.39, 0.29) is 12.3 Å². The smallest absolute Gasteiger partial charge is 0.312 e. The fraction of sp³-hybridized carbons (Fsp3) is 0.333. The quantitative estimate of drug-likeness (QED) is 0.857. The summed E-state index contributed by atoms with van der Waals surface area (Å²) >= 11 is 1.55.